The number of terminal acetylenes is 1. The first kappa shape index (κ1) is 12.3. The molecule has 0 bridgehead atoms. The van der Waals surface area contributed by atoms with E-state index in [1.165, 1.54) is 12.3 Å². The predicted octanol–water partition coefficient (Wildman–Crippen LogP) is 0.649. The van der Waals surface area contributed by atoms with Gasteiger partial charge >= 0.3 is 0 Å². The van der Waals surface area contributed by atoms with E-state index in [4.69, 9.17) is 16.6 Å². The number of nitrogens with one attached hydrogen (secondary N) is 1. The van der Waals surface area contributed by atoms with Crippen molar-refractivity contribution in [3.05, 3.63) is 22.6 Å². The summed E-state index contributed by atoms with van der Waals surface area (Å²) in [5.74, 6) is 1.13. The molecule has 5 nitrogen and oxygen atoms in total. The van der Waals surface area contributed by atoms with Crippen molar-refractivity contribution in [1.29, 1.82) is 0 Å². The lowest BCUT2D eigenvalue weighted by Gasteiger charge is -2.11. The maximum absolute atomic E-state index is 11.6. The van der Waals surface area contributed by atoms with Crippen molar-refractivity contribution in [2.45, 2.75) is 12.5 Å². The summed E-state index contributed by atoms with van der Waals surface area (Å²) in [5.41, 5.74) is 5.36. The summed E-state index contributed by atoms with van der Waals surface area (Å²) in [6.45, 7) is 0. The quantitative estimate of drug-likeness (QED) is 0.796. The van der Waals surface area contributed by atoms with Crippen LogP contribution in [0.15, 0.2) is 21.4 Å². The first-order chi connectivity index (χ1) is 7.54. The maximum atomic E-state index is 11.6. The van der Waals surface area contributed by atoms with Crippen molar-refractivity contribution in [3.63, 3.8) is 0 Å². The molecule has 6 heteroatoms. The van der Waals surface area contributed by atoms with E-state index in [2.05, 4.69) is 27.2 Å². The van der Waals surface area contributed by atoms with Crippen LogP contribution in [-0.2, 0) is 4.79 Å². The van der Waals surface area contributed by atoms with E-state index in [1.807, 2.05) is 0 Å². The lowest BCUT2D eigenvalue weighted by molar-refractivity contribution is -0.119. The molecule has 0 aliphatic rings. The van der Waals surface area contributed by atoms with Crippen molar-refractivity contribution in [2.75, 3.05) is 0 Å². The number of carbonyl (C=O) groups is 2. The Morgan fingerprint density at radius 1 is 1.69 bits per heavy atom. The highest BCUT2D eigenvalue weighted by atomic mass is 79.9. The molecule has 1 aromatic heterocycles. The highest BCUT2D eigenvalue weighted by molar-refractivity contribution is 9.10. The van der Waals surface area contributed by atoms with Crippen LogP contribution in [-0.4, -0.2) is 17.9 Å². The Morgan fingerprint density at radius 3 is 2.81 bits per heavy atom. The van der Waals surface area contributed by atoms with Crippen LogP contribution >= 0.6 is 15.9 Å². The molecule has 16 heavy (non-hydrogen) atoms. The SMILES string of the molecule is C#CCC(NC(=O)c1coc(Br)c1)C(N)=O. The van der Waals surface area contributed by atoms with Crippen LogP contribution in [0.5, 0.6) is 0 Å². The van der Waals surface area contributed by atoms with Gasteiger partial charge < -0.3 is 15.5 Å². The second-order valence-corrected chi connectivity index (χ2v) is 3.76. The van der Waals surface area contributed by atoms with Gasteiger partial charge in [-0.3, -0.25) is 9.59 Å². The van der Waals surface area contributed by atoms with E-state index in [9.17, 15) is 9.59 Å². The molecule has 0 aliphatic heterocycles. The predicted molar refractivity (Wildman–Crippen MR) is 60.3 cm³/mol. The molecule has 1 heterocycles. The Bertz CT molecular complexity index is 447. The minimum absolute atomic E-state index is 0.0556. The van der Waals surface area contributed by atoms with Gasteiger partial charge in [0.15, 0.2) is 4.67 Å². The topological polar surface area (TPSA) is 85.3 Å². The van der Waals surface area contributed by atoms with Crippen LogP contribution in [0.3, 0.4) is 0 Å². The van der Waals surface area contributed by atoms with Crippen LogP contribution in [0.2, 0.25) is 0 Å². The molecule has 0 fully saturated rings. The molecule has 2 amide bonds. The molecule has 3 N–H and O–H groups in total. The molecule has 0 saturated heterocycles. The standard InChI is InChI=1S/C10H9BrN2O3/c1-2-3-7(9(12)14)13-10(15)6-4-8(11)16-5-6/h1,4-5,7H,3H2,(H2,12,14)(H,13,15). The average Bonchev–Trinajstić information content (AvgIpc) is 2.64. The van der Waals surface area contributed by atoms with Gasteiger partial charge in [0.25, 0.3) is 5.91 Å². The number of primary amides is 1. The fourth-order valence-electron chi connectivity index (χ4n) is 1.01. The highest BCUT2D eigenvalue weighted by Gasteiger charge is 2.18. The van der Waals surface area contributed by atoms with E-state index < -0.39 is 17.9 Å². The van der Waals surface area contributed by atoms with Crippen LogP contribution < -0.4 is 11.1 Å². The van der Waals surface area contributed by atoms with E-state index in [0.29, 0.717) is 4.67 Å². The number of nitrogens with two attached hydrogens (primary N) is 1. The summed E-state index contributed by atoms with van der Waals surface area (Å²) >= 11 is 3.06. The Balaban J connectivity index is 2.69. The minimum atomic E-state index is -0.869. The summed E-state index contributed by atoms with van der Waals surface area (Å²) in [6.07, 6.45) is 6.36. The van der Waals surface area contributed by atoms with E-state index in [-0.39, 0.29) is 12.0 Å². The zero-order valence-corrected chi connectivity index (χ0v) is 9.78. The Kier molecular flexibility index (Phi) is 4.14. The van der Waals surface area contributed by atoms with E-state index >= 15 is 0 Å². The summed E-state index contributed by atoms with van der Waals surface area (Å²) < 4.78 is 5.31. The number of hydrogen-bond donors (Lipinski definition) is 2. The molecule has 0 aromatic carbocycles. The van der Waals surface area contributed by atoms with E-state index in [0.717, 1.165) is 0 Å². The van der Waals surface area contributed by atoms with Gasteiger partial charge in [0.2, 0.25) is 5.91 Å². The first-order valence-electron chi connectivity index (χ1n) is 4.32. The minimum Gasteiger partial charge on any atom is -0.457 e. The van der Waals surface area contributed by atoms with Gasteiger partial charge in [-0.05, 0) is 15.9 Å². The number of furan rings is 1. The van der Waals surface area contributed by atoms with Gasteiger partial charge in [-0.25, -0.2) is 0 Å². The summed E-state index contributed by atoms with van der Waals surface area (Å²) in [7, 11) is 0. The molecule has 1 rings (SSSR count). The largest absolute Gasteiger partial charge is 0.457 e. The smallest absolute Gasteiger partial charge is 0.255 e. The van der Waals surface area contributed by atoms with Gasteiger partial charge in [0.05, 0.1) is 5.56 Å². The molecule has 0 saturated carbocycles. The fraction of sp³-hybridized carbons (Fsp3) is 0.200. The molecule has 0 radical (unpaired) electrons. The van der Waals surface area contributed by atoms with Crippen molar-refractivity contribution in [3.8, 4) is 12.3 Å². The Hall–Kier alpha value is -1.74. The third-order valence-corrected chi connectivity index (χ3v) is 2.22. The second-order valence-electron chi connectivity index (χ2n) is 2.98. The number of carbonyl (C=O) groups excluding carboxylic acids is 2. The molecular weight excluding hydrogens is 276 g/mol. The van der Waals surface area contributed by atoms with Crippen molar-refractivity contribution in [2.24, 2.45) is 5.73 Å². The number of rotatable bonds is 4. The lowest BCUT2D eigenvalue weighted by atomic mass is 10.2. The lowest BCUT2D eigenvalue weighted by Crippen LogP contribution is -2.44. The van der Waals surface area contributed by atoms with Gasteiger partial charge in [-0.15, -0.1) is 12.3 Å². The molecule has 0 aliphatic carbocycles. The van der Waals surface area contributed by atoms with Crippen LogP contribution in [0.25, 0.3) is 0 Å². The molecule has 0 spiro atoms. The zero-order valence-electron chi connectivity index (χ0n) is 8.20. The van der Waals surface area contributed by atoms with Crippen LogP contribution in [0.1, 0.15) is 16.8 Å². The zero-order chi connectivity index (χ0) is 12.1. The molecule has 1 atom stereocenters. The monoisotopic (exact) mass is 284 g/mol. The maximum Gasteiger partial charge on any atom is 0.255 e. The van der Waals surface area contributed by atoms with Crippen molar-refractivity contribution in [1.82, 2.24) is 5.32 Å². The molecule has 1 unspecified atom stereocenters. The summed E-state index contributed by atoms with van der Waals surface area (Å²) in [5, 5.41) is 2.41. The van der Waals surface area contributed by atoms with Crippen molar-refractivity contribution < 1.29 is 14.0 Å². The molecule has 84 valence electrons. The average molecular weight is 285 g/mol. The van der Waals surface area contributed by atoms with Gasteiger partial charge in [-0.1, -0.05) is 0 Å². The summed E-state index contributed by atoms with van der Waals surface area (Å²) in [6, 6.07) is 0.606. The van der Waals surface area contributed by atoms with E-state index in [1.54, 1.807) is 0 Å². The number of halogens is 1. The van der Waals surface area contributed by atoms with Crippen LogP contribution in [0, 0.1) is 12.3 Å². The highest BCUT2D eigenvalue weighted by Crippen LogP contribution is 2.13. The number of amides is 2. The van der Waals surface area contributed by atoms with Crippen LogP contribution in [0.4, 0.5) is 0 Å². The van der Waals surface area contributed by atoms with Crippen molar-refractivity contribution >= 4 is 27.7 Å². The normalized spacial score (nSPS) is 11.5. The van der Waals surface area contributed by atoms with Gasteiger partial charge in [0.1, 0.15) is 12.3 Å². The van der Waals surface area contributed by atoms with Gasteiger partial charge in [0, 0.05) is 12.5 Å². The number of hydrogen-bond acceptors (Lipinski definition) is 3. The summed E-state index contributed by atoms with van der Waals surface area (Å²) in [4.78, 5) is 22.5. The van der Waals surface area contributed by atoms with Gasteiger partial charge in [-0.2, -0.15) is 0 Å². The fourth-order valence-corrected chi connectivity index (χ4v) is 1.35. The first-order valence-corrected chi connectivity index (χ1v) is 5.11. The molecule has 1 aromatic rings. The third kappa shape index (κ3) is 3.14. The Labute approximate surface area is 100 Å². The molecular formula is C10H9BrN2O3. The third-order valence-electron chi connectivity index (χ3n) is 1.80. The Morgan fingerprint density at radius 2 is 2.38 bits per heavy atom. The second kappa shape index (κ2) is 5.37.